The van der Waals surface area contributed by atoms with E-state index in [1.165, 1.54) is 11.6 Å². The number of ether oxygens (including phenoxy) is 1. The molecular weight excluding hydrogens is 314 g/mol. The van der Waals surface area contributed by atoms with Gasteiger partial charge in [0.25, 0.3) is 5.56 Å². The lowest BCUT2D eigenvalue weighted by Gasteiger charge is -2.17. The minimum absolute atomic E-state index is 0.00309. The third-order valence-corrected chi connectivity index (χ3v) is 3.44. The average Bonchev–Trinajstić information content (AvgIpc) is 2.81. The summed E-state index contributed by atoms with van der Waals surface area (Å²) in [6.45, 7) is 7.90. The molecule has 0 spiro atoms. The molecule has 2 aromatic heterocycles. The number of H-pyrrole nitrogens is 1. The normalized spacial score (nSPS) is 13.2. The van der Waals surface area contributed by atoms with Crippen molar-refractivity contribution >= 4 is 17.1 Å². The topological polar surface area (TPSA) is 114 Å². The number of imidazole rings is 1. The van der Waals surface area contributed by atoms with Crippen molar-refractivity contribution in [3.05, 3.63) is 20.8 Å². The van der Waals surface area contributed by atoms with Crippen molar-refractivity contribution in [2.45, 2.75) is 52.5 Å². The summed E-state index contributed by atoms with van der Waals surface area (Å²) in [5.41, 5.74) is -0.556. The van der Waals surface area contributed by atoms with E-state index in [1.54, 1.807) is 4.57 Å². The Kier molecular flexibility index (Phi) is 5.45. The minimum atomic E-state index is -0.811. The van der Waals surface area contributed by atoms with E-state index >= 15 is 0 Å². The fourth-order valence-electron chi connectivity index (χ4n) is 2.35. The second-order valence-corrected chi connectivity index (χ2v) is 6.37. The second kappa shape index (κ2) is 7.18. The van der Waals surface area contributed by atoms with Crippen LogP contribution in [-0.4, -0.2) is 49.1 Å². The Hall–Kier alpha value is -2.13. The van der Waals surface area contributed by atoms with Gasteiger partial charge in [-0.2, -0.15) is 4.98 Å². The first-order valence-electron chi connectivity index (χ1n) is 7.96. The van der Waals surface area contributed by atoms with E-state index < -0.39 is 17.4 Å². The standard InChI is InChI=1S/C15H25N5O4/c1-8(2)16-14-17-12-11(13(22)18-15(23)19(12)5)20(14)6-10(21)7-24-9(3)4/h8-10,21H,6-7H2,1-5H3,(H,16,17)(H,18,22,23)/t10-/m1/s1. The molecule has 2 aromatic rings. The van der Waals surface area contributed by atoms with Gasteiger partial charge in [0.05, 0.1) is 25.4 Å². The van der Waals surface area contributed by atoms with Crippen LogP contribution in [0.4, 0.5) is 5.95 Å². The summed E-state index contributed by atoms with van der Waals surface area (Å²) in [6.07, 6.45) is -0.814. The number of aryl methyl sites for hydroxylation is 1. The van der Waals surface area contributed by atoms with Crippen LogP contribution in [0.1, 0.15) is 27.7 Å². The first-order valence-corrected chi connectivity index (χ1v) is 7.96. The predicted molar refractivity (Wildman–Crippen MR) is 91.4 cm³/mol. The number of nitrogens with one attached hydrogen (secondary N) is 2. The highest BCUT2D eigenvalue weighted by atomic mass is 16.5. The van der Waals surface area contributed by atoms with Gasteiger partial charge in [0.2, 0.25) is 5.95 Å². The van der Waals surface area contributed by atoms with Crippen molar-refractivity contribution in [2.24, 2.45) is 7.05 Å². The summed E-state index contributed by atoms with van der Waals surface area (Å²) in [6, 6.07) is 0.0701. The maximum atomic E-state index is 12.2. The van der Waals surface area contributed by atoms with Crippen LogP contribution in [0.5, 0.6) is 0 Å². The monoisotopic (exact) mass is 339 g/mol. The summed E-state index contributed by atoms with van der Waals surface area (Å²) in [5, 5.41) is 13.4. The molecule has 0 radical (unpaired) electrons. The maximum Gasteiger partial charge on any atom is 0.329 e. The number of nitrogens with zero attached hydrogens (tertiary/aromatic N) is 3. The highest BCUT2D eigenvalue weighted by Crippen LogP contribution is 2.17. The van der Waals surface area contributed by atoms with Crippen molar-refractivity contribution < 1.29 is 9.84 Å². The highest BCUT2D eigenvalue weighted by molar-refractivity contribution is 5.74. The molecule has 2 rings (SSSR count). The Morgan fingerprint density at radius 2 is 1.96 bits per heavy atom. The Balaban J connectivity index is 2.50. The molecule has 0 aliphatic heterocycles. The SMILES string of the molecule is CC(C)Nc1nc2c(c(=O)[nH]c(=O)n2C)n1C[C@@H](O)COC(C)C. The largest absolute Gasteiger partial charge is 0.389 e. The van der Waals surface area contributed by atoms with Gasteiger partial charge in [-0.05, 0) is 27.7 Å². The van der Waals surface area contributed by atoms with E-state index in [0.717, 1.165) is 0 Å². The van der Waals surface area contributed by atoms with Crippen molar-refractivity contribution in [1.82, 2.24) is 19.1 Å². The van der Waals surface area contributed by atoms with Gasteiger partial charge >= 0.3 is 5.69 Å². The molecule has 24 heavy (non-hydrogen) atoms. The first kappa shape index (κ1) is 18.2. The van der Waals surface area contributed by atoms with Gasteiger partial charge in [0.1, 0.15) is 0 Å². The number of hydrogen-bond donors (Lipinski definition) is 3. The van der Waals surface area contributed by atoms with Crippen molar-refractivity contribution in [3.63, 3.8) is 0 Å². The molecule has 9 heteroatoms. The van der Waals surface area contributed by atoms with Crippen LogP contribution >= 0.6 is 0 Å². The van der Waals surface area contributed by atoms with Gasteiger partial charge in [-0.3, -0.25) is 14.3 Å². The fourth-order valence-corrected chi connectivity index (χ4v) is 2.35. The Bertz CT molecular complexity index is 818. The smallest absolute Gasteiger partial charge is 0.329 e. The molecule has 9 nitrogen and oxygen atoms in total. The summed E-state index contributed by atoms with van der Waals surface area (Å²) in [5.74, 6) is 0.426. The fraction of sp³-hybridized carbons (Fsp3) is 0.667. The van der Waals surface area contributed by atoms with Gasteiger partial charge in [-0.25, -0.2) is 4.79 Å². The van der Waals surface area contributed by atoms with Crippen molar-refractivity contribution in [2.75, 3.05) is 11.9 Å². The van der Waals surface area contributed by atoms with E-state index in [-0.39, 0.29) is 36.5 Å². The van der Waals surface area contributed by atoms with Gasteiger partial charge in [0.15, 0.2) is 11.2 Å². The maximum absolute atomic E-state index is 12.2. The van der Waals surface area contributed by atoms with E-state index in [2.05, 4.69) is 15.3 Å². The number of aliphatic hydroxyl groups excluding tert-OH is 1. The molecule has 0 fully saturated rings. The van der Waals surface area contributed by atoms with Crippen LogP contribution in [-0.2, 0) is 18.3 Å². The molecule has 1 atom stereocenters. The summed E-state index contributed by atoms with van der Waals surface area (Å²) in [7, 11) is 1.54. The van der Waals surface area contributed by atoms with Gasteiger partial charge in [-0.15, -0.1) is 0 Å². The van der Waals surface area contributed by atoms with Gasteiger partial charge < -0.3 is 19.7 Å². The van der Waals surface area contributed by atoms with Crippen LogP contribution in [0.2, 0.25) is 0 Å². The number of aliphatic hydroxyl groups is 1. The molecule has 0 bridgehead atoms. The van der Waals surface area contributed by atoms with E-state index in [9.17, 15) is 14.7 Å². The molecule has 0 saturated heterocycles. The molecule has 134 valence electrons. The molecular formula is C15H25N5O4. The summed E-state index contributed by atoms with van der Waals surface area (Å²) >= 11 is 0. The number of anilines is 1. The number of aromatic nitrogens is 4. The quantitative estimate of drug-likeness (QED) is 0.656. The molecule has 0 aromatic carbocycles. The third-order valence-electron chi connectivity index (χ3n) is 3.44. The van der Waals surface area contributed by atoms with Crippen LogP contribution in [0.3, 0.4) is 0 Å². The number of rotatable bonds is 7. The lowest BCUT2D eigenvalue weighted by atomic mass is 10.3. The Morgan fingerprint density at radius 3 is 2.54 bits per heavy atom. The van der Waals surface area contributed by atoms with Crippen LogP contribution in [0, 0.1) is 0 Å². The average molecular weight is 339 g/mol. The Labute approximate surface area is 139 Å². The molecule has 0 amide bonds. The van der Waals surface area contributed by atoms with Gasteiger partial charge in [0, 0.05) is 13.1 Å². The van der Waals surface area contributed by atoms with E-state index in [0.29, 0.717) is 5.95 Å². The first-order chi connectivity index (χ1) is 11.2. The van der Waals surface area contributed by atoms with Crippen LogP contribution in [0.15, 0.2) is 9.59 Å². The number of fused-ring (bicyclic) bond motifs is 1. The zero-order chi connectivity index (χ0) is 18.0. The zero-order valence-corrected chi connectivity index (χ0v) is 14.7. The third kappa shape index (κ3) is 3.85. The summed E-state index contributed by atoms with van der Waals surface area (Å²) < 4.78 is 8.27. The van der Waals surface area contributed by atoms with Crippen LogP contribution in [0.25, 0.3) is 11.2 Å². The molecule has 0 saturated carbocycles. The highest BCUT2D eigenvalue weighted by Gasteiger charge is 2.20. The summed E-state index contributed by atoms with van der Waals surface area (Å²) in [4.78, 5) is 30.6. The molecule has 0 aliphatic rings. The molecule has 3 N–H and O–H groups in total. The lowest BCUT2D eigenvalue weighted by Crippen LogP contribution is -2.31. The molecule has 0 aliphatic carbocycles. The van der Waals surface area contributed by atoms with Crippen molar-refractivity contribution in [3.8, 4) is 0 Å². The Morgan fingerprint density at radius 1 is 1.29 bits per heavy atom. The van der Waals surface area contributed by atoms with E-state index in [4.69, 9.17) is 4.74 Å². The van der Waals surface area contributed by atoms with Crippen molar-refractivity contribution in [1.29, 1.82) is 0 Å². The zero-order valence-electron chi connectivity index (χ0n) is 14.7. The lowest BCUT2D eigenvalue weighted by molar-refractivity contribution is -0.000113. The van der Waals surface area contributed by atoms with Crippen LogP contribution < -0.4 is 16.6 Å². The molecule has 2 heterocycles. The van der Waals surface area contributed by atoms with Gasteiger partial charge in [-0.1, -0.05) is 0 Å². The predicted octanol–water partition coefficient (Wildman–Crippen LogP) is 0.0295. The minimum Gasteiger partial charge on any atom is -0.389 e. The number of aromatic amines is 1. The second-order valence-electron chi connectivity index (χ2n) is 6.37. The molecule has 0 unspecified atom stereocenters. The number of hydrogen-bond acceptors (Lipinski definition) is 6. The van der Waals surface area contributed by atoms with E-state index in [1.807, 2.05) is 27.7 Å².